The summed E-state index contributed by atoms with van der Waals surface area (Å²) >= 11 is 13.1. The summed E-state index contributed by atoms with van der Waals surface area (Å²) in [5.74, 6) is 2.25. The monoisotopic (exact) mass is 545 g/mol. The molecule has 8 heteroatoms. The molecule has 0 aliphatic carbocycles. The fourth-order valence-electron chi connectivity index (χ4n) is 3.56. The van der Waals surface area contributed by atoms with Crippen molar-refractivity contribution >= 4 is 51.9 Å². The van der Waals surface area contributed by atoms with Crippen LogP contribution >= 0.6 is 35.6 Å². The number of hydrogen-bond acceptors (Lipinski definition) is 6. The van der Waals surface area contributed by atoms with Crippen LogP contribution in [-0.4, -0.2) is 41.5 Å². The van der Waals surface area contributed by atoms with Gasteiger partial charge >= 0.3 is 0 Å². The lowest BCUT2D eigenvalue weighted by molar-refractivity contribution is -0.121. The molecule has 2 aromatic rings. The molecule has 1 amide bonds. The standard InChI is InChI=1S/C28H32ClNO4S2/c1-5-13-30-27(31)25(36-28(30)35)18-20-16-23(29)26(24(17-20)32-7-3)34-15-8-14-33-22-11-9-21(10-12-22)19(4)6-2/h5,9-12,16-19H,1,6-8,13-15H2,2-4H3. The number of carbonyl (C=O) groups excluding carboxylic acids is 1. The number of thioether (sulfide) groups is 1. The van der Waals surface area contributed by atoms with Crippen molar-refractivity contribution in [2.45, 2.75) is 39.5 Å². The van der Waals surface area contributed by atoms with E-state index in [-0.39, 0.29) is 5.91 Å². The van der Waals surface area contributed by atoms with E-state index >= 15 is 0 Å². The zero-order valence-corrected chi connectivity index (χ0v) is 23.3. The van der Waals surface area contributed by atoms with Crippen molar-refractivity contribution < 1.29 is 19.0 Å². The fourth-order valence-corrected chi connectivity index (χ4v) is 5.11. The van der Waals surface area contributed by atoms with Gasteiger partial charge in [-0.25, -0.2) is 0 Å². The normalized spacial score (nSPS) is 15.3. The lowest BCUT2D eigenvalue weighted by Gasteiger charge is -2.15. The molecule has 0 N–H and O–H groups in total. The highest BCUT2D eigenvalue weighted by Gasteiger charge is 2.31. The number of halogens is 1. The number of ether oxygens (including phenoxy) is 3. The molecule has 1 atom stereocenters. The zero-order chi connectivity index (χ0) is 26.1. The minimum atomic E-state index is -0.145. The lowest BCUT2D eigenvalue weighted by atomic mass is 9.99. The zero-order valence-electron chi connectivity index (χ0n) is 20.9. The van der Waals surface area contributed by atoms with Gasteiger partial charge in [-0.1, -0.05) is 67.6 Å². The molecular weight excluding hydrogens is 514 g/mol. The average Bonchev–Trinajstić information content (AvgIpc) is 3.12. The molecule has 1 fully saturated rings. The Morgan fingerprint density at radius 2 is 1.86 bits per heavy atom. The third-order valence-corrected chi connectivity index (χ3v) is 7.34. The smallest absolute Gasteiger partial charge is 0.266 e. The minimum absolute atomic E-state index is 0.145. The Balaban J connectivity index is 1.60. The summed E-state index contributed by atoms with van der Waals surface area (Å²) in [6.07, 6.45) is 5.21. The fraction of sp³-hybridized carbons (Fsp3) is 0.357. The SMILES string of the molecule is C=CCN1C(=O)C(=Cc2cc(Cl)c(OCCCOc3ccc(C(C)CC)cc3)c(OCC)c2)SC1=S. The molecule has 5 nitrogen and oxygen atoms in total. The van der Waals surface area contributed by atoms with Gasteiger partial charge in [0.15, 0.2) is 11.5 Å². The maximum Gasteiger partial charge on any atom is 0.266 e. The molecule has 1 aliphatic rings. The van der Waals surface area contributed by atoms with Gasteiger partial charge in [-0.2, -0.15) is 0 Å². The molecule has 1 heterocycles. The van der Waals surface area contributed by atoms with E-state index < -0.39 is 0 Å². The summed E-state index contributed by atoms with van der Waals surface area (Å²) in [5.41, 5.74) is 2.05. The van der Waals surface area contributed by atoms with Gasteiger partial charge in [-0.15, -0.1) is 6.58 Å². The first-order valence-corrected chi connectivity index (χ1v) is 13.7. The van der Waals surface area contributed by atoms with Gasteiger partial charge in [-0.05, 0) is 60.7 Å². The molecule has 2 aromatic carbocycles. The predicted octanol–water partition coefficient (Wildman–Crippen LogP) is 7.49. The second-order valence-corrected chi connectivity index (χ2v) is 10.4. The van der Waals surface area contributed by atoms with E-state index in [9.17, 15) is 4.79 Å². The molecule has 1 aliphatic heterocycles. The first-order chi connectivity index (χ1) is 17.4. The van der Waals surface area contributed by atoms with Crippen LogP contribution < -0.4 is 14.2 Å². The largest absolute Gasteiger partial charge is 0.493 e. The molecule has 192 valence electrons. The molecule has 3 rings (SSSR count). The van der Waals surface area contributed by atoms with E-state index in [0.717, 1.165) is 17.7 Å². The Morgan fingerprint density at radius 3 is 2.53 bits per heavy atom. The van der Waals surface area contributed by atoms with Crippen LogP contribution in [0.25, 0.3) is 6.08 Å². The second kappa shape index (κ2) is 13.7. The summed E-state index contributed by atoms with van der Waals surface area (Å²) in [5, 5.41) is 0.412. The number of rotatable bonds is 13. The molecule has 1 unspecified atom stereocenters. The summed E-state index contributed by atoms with van der Waals surface area (Å²) < 4.78 is 18.1. The van der Waals surface area contributed by atoms with Gasteiger partial charge in [-0.3, -0.25) is 9.69 Å². The van der Waals surface area contributed by atoms with Gasteiger partial charge in [0, 0.05) is 13.0 Å². The molecule has 0 saturated carbocycles. The quantitative estimate of drug-likeness (QED) is 0.112. The van der Waals surface area contributed by atoms with E-state index in [4.69, 9.17) is 38.0 Å². The molecule has 1 saturated heterocycles. The van der Waals surface area contributed by atoms with Crippen molar-refractivity contribution in [3.8, 4) is 17.2 Å². The van der Waals surface area contributed by atoms with E-state index in [1.165, 1.54) is 22.2 Å². The number of carbonyl (C=O) groups is 1. The maximum atomic E-state index is 12.6. The number of benzene rings is 2. The first kappa shape index (κ1) is 28.1. The third kappa shape index (κ3) is 7.28. The summed E-state index contributed by atoms with van der Waals surface area (Å²) in [4.78, 5) is 14.7. The van der Waals surface area contributed by atoms with Crippen LogP contribution in [0.15, 0.2) is 54.0 Å². The predicted molar refractivity (Wildman–Crippen MR) is 153 cm³/mol. The summed E-state index contributed by atoms with van der Waals surface area (Å²) in [6.45, 7) is 11.8. The van der Waals surface area contributed by atoms with Crippen LogP contribution in [0.4, 0.5) is 0 Å². The Morgan fingerprint density at radius 1 is 1.14 bits per heavy atom. The average molecular weight is 546 g/mol. The number of hydrogen-bond donors (Lipinski definition) is 0. The van der Waals surface area contributed by atoms with Crippen LogP contribution in [-0.2, 0) is 4.79 Å². The Hall–Kier alpha value is -2.48. The number of nitrogens with zero attached hydrogens (tertiary/aromatic N) is 1. The van der Waals surface area contributed by atoms with Crippen molar-refractivity contribution in [2.24, 2.45) is 0 Å². The topological polar surface area (TPSA) is 48.0 Å². The Labute approximate surface area is 228 Å². The van der Waals surface area contributed by atoms with E-state index in [0.29, 0.717) is 64.5 Å². The first-order valence-electron chi connectivity index (χ1n) is 12.1. The Bertz CT molecular complexity index is 1120. The summed E-state index contributed by atoms with van der Waals surface area (Å²) in [7, 11) is 0. The highest BCUT2D eigenvalue weighted by atomic mass is 35.5. The van der Waals surface area contributed by atoms with Gasteiger partial charge < -0.3 is 14.2 Å². The highest BCUT2D eigenvalue weighted by molar-refractivity contribution is 8.26. The molecule has 0 aromatic heterocycles. The van der Waals surface area contributed by atoms with Crippen molar-refractivity contribution in [1.29, 1.82) is 0 Å². The van der Waals surface area contributed by atoms with Crippen LogP contribution in [0.5, 0.6) is 17.2 Å². The molecule has 0 bridgehead atoms. The van der Waals surface area contributed by atoms with Crippen LogP contribution in [0.3, 0.4) is 0 Å². The maximum absolute atomic E-state index is 12.6. The van der Waals surface area contributed by atoms with Gasteiger partial charge in [0.1, 0.15) is 10.1 Å². The minimum Gasteiger partial charge on any atom is -0.493 e. The van der Waals surface area contributed by atoms with Crippen LogP contribution in [0.2, 0.25) is 5.02 Å². The van der Waals surface area contributed by atoms with Crippen molar-refractivity contribution in [2.75, 3.05) is 26.4 Å². The van der Waals surface area contributed by atoms with E-state index in [1.54, 1.807) is 18.2 Å². The molecular formula is C28H32ClNO4S2. The van der Waals surface area contributed by atoms with Crippen LogP contribution in [0, 0.1) is 0 Å². The third-order valence-electron chi connectivity index (χ3n) is 5.68. The van der Waals surface area contributed by atoms with E-state index in [1.807, 2.05) is 25.1 Å². The van der Waals surface area contributed by atoms with E-state index in [2.05, 4.69) is 32.6 Å². The van der Waals surface area contributed by atoms with Crippen molar-refractivity contribution in [1.82, 2.24) is 4.90 Å². The van der Waals surface area contributed by atoms with Crippen molar-refractivity contribution in [3.05, 3.63) is 70.1 Å². The highest BCUT2D eigenvalue weighted by Crippen LogP contribution is 2.39. The number of thiocarbonyl (C=S) groups is 1. The molecule has 0 radical (unpaired) electrons. The summed E-state index contributed by atoms with van der Waals surface area (Å²) in [6, 6.07) is 11.8. The second-order valence-electron chi connectivity index (χ2n) is 8.27. The van der Waals surface area contributed by atoms with Gasteiger partial charge in [0.05, 0.1) is 29.7 Å². The Kier molecular flexibility index (Phi) is 10.7. The lowest BCUT2D eigenvalue weighted by Crippen LogP contribution is -2.27. The number of amides is 1. The van der Waals surface area contributed by atoms with Crippen LogP contribution in [0.1, 0.15) is 50.7 Å². The van der Waals surface area contributed by atoms with Gasteiger partial charge in [0.2, 0.25) is 0 Å². The molecule has 36 heavy (non-hydrogen) atoms. The molecule has 0 spiro atoms. The van der Waals surface area contributed by atoms with Crippen molar-refractivity contribution in [3.63, 3.8) is 0 Å². The van der Waals surface area contributed by atoms with Gasteiger partial charge in [0.25, 0.3) is 5.91 Å².